The molecule has 0 fully saturated rings. The van der Waals surface area contributed by atoms with Gasteiger partial charge in [-0.1, -0.05) is 6.07 Å². The number of aromatic nitrogens is 3. The Labute approximate surface area is 112 Å². The van der Waals surface area contributed by atoms with Crippen LogP contribution in [0, 0.1) is 27.7 Å². The quantitative estimate of drug-likeness (QED) is 0.923. The smallest absolute Gasteiger partial charge is 0.221 e. The van der Waals surface area contributed by atoms with Crippen LogP contribution in [0.5, 0.6) is 0 Å². The number of aryl methyl sites for hydroxylation is 2. The maximum atomic E-state index is 12.5. The van der Waals surface area contributed by atoms with Crippen molar-refractivity contribution in [3.8, 4) is 0 Å². The van der Waals surface area contributed by atoms with Crippen LogP contribution in [0.25, 0.3) is 0 Å². The minimum atomic E-state index is -3.66. The molecule has 1 heterocycles. The lowest BCUT2D eigenvalue weighted by Crippen LogP contribution is -2.24. The average Bonchev–Trinajstić information content (AvgIpc) is 2.78. The number of nitrogens with one attached hydrogen (secondary N) is 1. The van der Waals surface area contributed by atoms with Crippen molar-refractivity contribution in [2.75, 3.05) is 4.83 Å². The van der Waals surface area contributed by atoms with Crippen LogP contribution in [0.15, 0.2) is 23.6 Å². The van der Waals surface area contributed by atoms with Crippen LogP contribution in [-0.2, 0) is 10.0 Å². The normalized spacial score (nSPS) is 11.6. The maximum absolute atomic E-state index is 12.5. The molecular weight excluding hydrogens is 264 g/mol. The summed E-state index contributed by atoms with van der Waals surface area (Å²) in [4.78, 5) is 2.73. The number of nitrogens with zero attached hydrogens (tertiary/aromatic N) is 3. The van der Waals surface area contributed by atoms with Gasteiger partial charge in [-0.05, 0) is 49.9 Å². The molecule has 0 aliphatic carbocycles. The van der Waals surface area contributed by atoms with E-state index in [9.17, 15) is 8.42 Å². The Morgan fingerprint density at radius 1 is 1.00 bits per heavy atom. The molecule has 0 amide bonds. The predicted molar refractivity (Wildman–Crippen MR) is 72.0 cm³/mol. The van der Waals surface area contributed by atoms with Gasteiger partial charge >= 0.3 is 0 Å². The monoisotopic (exact) mass is 280 g/mol. The van der Waals surface area contributed by atoms with E-state index in [0.29, 0.717) is 4.90 Å². The first-order valence-corrected chi connectivity index (χ1v) is 7.26. The summed E-state index contributed by atoms with van der Waals surface area (Å²) < 4.78 is 26.1. The van der Waals surface area contributed by atoms with Crippen molar-refractivity contribution >= 4 is 10.0 Å². The van der Waals surface area contributed by atoms with Gasteiger partial charge in [0.1, 0.15) is 12.7 Å². The Balaban J connectivity index is 2.58. The van der Waals surface area contributed by atoms with E-state index >= 15 is 0 Å². The third-order valence-corrected chi connectivity index (χ3v) is 4.81. The Hall–Kier alpha value is -1.89. The first-order chi connectivity index (χ1) is 8.83. The van der Waals surface area contributed by atoms with Crippen LogP contribution in [0.1, 0.15) is 22.3 Å². The van der Waals surface area contributed by atoms with Crippen LogP contribution in [0.3, 0.4) is 0 Å². The summed E-state index contributed by atoms with van der Waals surface area (Å²) in [5, 5.41) is 7.13. The fourth-order valence-corrected chi connectivity index (χ4v) is 3.61. The van der Waals surface area contributed by atoms with Crippen molar-refractivity contribution in [3.63, 3.8) is 0 Å². The number of rotatable bonds is 3. The zero-order valence-corrected chi connectivity index (χ0v) is 12.1. The van der Waals surface area contributed by atoms with Crippen molar-refractivity contribution in [1.29, 1.82) is 0 Å². The molecule has 0 aliphatic rings. The third-order valence-electron chi connectivity index (χ3n) is 3.21. The minimum absolute atomic E-state index is 0.318. The summed E-state index contributed by atoms with van der Waals surface area (Å²) in [7, 11) is -3.66. The van der Waals surface area contributed by atoms with E-state index in [0.717, 1.165) is 22.3 Å². The van der Waals surface area contributed by atoms with Crippen molar-refractivity contribution in [1.82, 2.24) is 14.9 Å². The fraction of sp³-hybridized carbons (Fsp3) is 0.333. The summed E-state index contributed by atoms with van der Waals surface area (Å²) in [6, 6.07) is 1.99. The van der Waals surface area contributed by atoms with Gasteiger partial charge in [-0.3, -0.25) is 0 Å². The molecule has 1 N–H and O–H groups in total. The first-order valence-electron chi connectivity index (χ1n) is 5.78. The predicted octanol–water partition coefficient (Wildman–Crippen LogP) is 1.44. The van der Waals surface area contributed by atoms with E-state index in [1.54, 1.807) is 0 Å². The van der Waals surface area contributed by atoms with Gasteiger partial charge in [0.2, 0.25) is 0 Å². The highest BCUT2D eigenvalue weighted by Crippen LogP contribution is 2.26. The van der Waals surface area contributed by atoms with E-state index < -0.39 is 10.0 Å². The highest BCUT2D eigenvalue weighted by molar-refractivity contribution is 7.92. The molecule has 0 saturated carbocycles. The molecule has 0 saturated heterocycles. The van der Waals surface area contributed by atoms with Crippen LogP contribution in [-0.4, -0.2) is 23.3 Å². The molecule has 0 spiro atoms. The van der Waals surface area contributed by atoms with Gasteiger partial charge < -0.3 is 0 Å². The Kier molecular flexibility index (Phi) is 3.32. The summed E-state index contributed by atoms with van der Waals surface area (Å²) in [5.41, 5.74) is 3.41. The maximum Gasteiger partial charge on any atom is 0.275 e. The van der Waals surface area contributed by atoms with E-state index in [4.69, 9.17) is 0 Å². The van der Waals surface area contributed by atoms with E-state index in [2.05, 4.69) is 15.0 Å². The molecule has 1 aromatic carbocycles. The summed E-state index contributed by atoms with van der Waals surface area (Å²) in [6.07, 6.45) is 2.59. The zero-order chi connectivity index (χ0) is 14.2. The van der Waals surface area contributed by atoms with Crippen molar-refractivity contribution in [2.24, 2.45) is 0 Å². The SMILES string of the molecule is Cc1cc(C)c(C)c(S(=O)(=O)Nn2cnnc2)c1C. The average molecular weight is 280 g/mol. The standard InChI is InChI=1S/C12H16N4O2S/c1-8-5-9(2)11(4)12(10(8)3)19(17,18)15-16-6-13-14-7-16/h5-7,15H,1-4H3. The first kappa shape index (κ1) is 13.5. The van der Waals surface area contributed by atoms with E-state index in [1.165, 1.54) is 17.3 Å². The molecule has 7 heteroatoms. The lowest BCUT2D eigenvalue weighted by Gasteiger charge is -2.16. The summed E-state index contributed by atoms with van der Waals surface area (Å²) in [5.74, 6) is 0. The van der Waals surface area contributed by atoms with Gasteiger partial charge in [0, 0.05) is 0 Å². The second-order valence-corrected chi connectivity index (χ2v) is 6.15. The van der Waals surface area contributed by atoms with Crippen molar-refractivity contribution in [3.05, 3.63) is 41.0 Å². The number of hydrogen-bond acceptors (Lipinski definition) is 4. The van der Waals surface area contributed by atoms with Crippen LogP contribution in [0.4, 0.5) is 0 Å². The Bertz CT molecular complexity index is 680. The van der Waals surface area contributed by atoms with Crippen LogP contribution in [0.2, 0.25) is 0 Å². The second-order valence-electron chi connectivity index (χ2n) is 4.55. The zero-order valence-electron chi connectivity index (χ0n) is 11.3. The third kappa shape index (κ3) is 2.46. The van der Waals surface area contributed by atoms with Gasteiger partial charge in [-0.2, -0.15) is 8.42 Å². The molecule has 2 aromatic rings. The molecule has 0 unspecified atom stereocenters. The molecule has 0 radical (unpaired) electrons. The molecule has 0 atom stereocenters. The molecule has 1 aromatic heterocycles. The molecule has 0 bridgehead atoms. The molecule has 102 valence electrons. The number of hydrogen-bond donors (Lipinski definition) is 1. The summed E-state index contributed by atoms with van der Waals surface area (Å²) >= 11 is 0. The topological polar surface area (TPSA) is 76.9 Å². The number of sulfonamides is 1. The van der Waals surface area contributed by atoms with Gasteiger partial charge in [0.25, 0.3) is 10.0 Å². The molecule has 6 nitrogen and oxygen atoms in total. The summed E-state index contributed by atoms with van der Waals surface area (Å²) in [6.45, 7) is 7.42. The highest BCUT2D eigenvalue weighted by Gasteiger charge is 2.22. The second kappa shape index (κ2) is 4.65. The minimum Gasteiger partial charge on any atom is -0.221 e. The largest absolute Gasteiger partial charge is 0.275 e. The van der Waals surface area contributed by atoms with Gasteiger partial charge in [0.15, 0.2) is 0 Å². The Morgan fingerprint density at radius 2 is 1.47 bits per heavy atom. The molecule has 19 heavy (non-hydrogen) atoms. The van der Waals surface area contributed by atoms with Gasteiger partial charge in [0.05, 0.1) is 4.90 Å². The Morgan fingerprint density at radius 3 is 1.95 bits per heavy atom. The lowest BCUT2D eigenvalue weighted by atomic mass is 10.0. The van der Waals surface area contributed by atoms with Crippen LogP contribution >= 0.6 is 0 Å². The lowest BCUT2D eigenvalue weighted by molar-refractivity contribution is 0.593. The molecule has 2 rings (SSSR count). The van der Waals surface area contributed by atoms with Crippen LogP contribution < -0.4 is 4.83 Å². The molecule has 0 aliphatic heterocycles. The van der Waals surface area contributed by atoms with Crippen molar-refractivity contribution < 1.29 is 8.42 Å². The van der Waals surface area contributed by atoms with Crippen molar-refractivity contribution in [2.45, 2.75) is 32.6 Å². The van der Waals surface area contributed by atoms with Gasteiger partial charge in [-0.25, -0.2) is 9.51 Å². The van der Waals surface area contributed by atoms with E-state index in [1.807, 2.05) is 33.8 Å². The fourth-order valence-electron chi connectivity index (χ4n) is 2.02. The van der Waals surface area contributed by atoms with E-state index in [-0.39, 0.29) is 0 Å². The highest BCUT2D eigenvalue weighted by atomic mass is 32.2. The van der Waals surface area contributed by atoms with Gasteiger partial charge in [-0.15, -0.1) is 10.2 Å². The molecular formula is C12H16N4O2S. The number of benzene rings is 1.